The molecule has 3 aliphatic rings. The predicted molar refractivity (Wildman–Crippen MR) is 162 cm³/mol. The number of rotatable bonds is 10. The molecule has 0 saturated carbocycles. The number of nitrogen functional groups attached to an aromatic ring is 1. The van der Waals surface area contributed by atoms with Gasteiger partial charge in [-0.3, -0.25) is 4.90 Å². The fourth-order valence-electron chi connectivity index (χ4n) is 6.10. The van der Waals surface area contributed by atoms with Gasteiger partial charge in [0, 0.05) is 43.9 Å². The van der Waals surface area contributed by atoms with Crippen molar-refractivity contribution in [3.63, 3.8) is 0 Å². The first kappa shape index (κ1) is 31.8. The number of alkyl halides is 3. The molecule has 2 saturated heterocycles. The van der Waals surface area contributed by atoms with E-state index < -0.39 is 18.4 Å². The smallest absolute Gasteiger partial charge is 0.489 e. The second-order valence-corrected chi connectivity index (χ2v) is 11.6. The zero-order valence-electron chi connectivity index (χ0n) is 25.2. The molecule has 0 spiro atoms. The summed E-state index contributed by atoms with van der Waals surface area (Å²) in [5.41, 5.74) is 10.9. The summed E-state index contributed by atoms with van der Waals surface area (Å²) in [6, 6.07) is 11.4. The molecule has 2 atom stereocenters. The van der Waals surface area contributed by atoms with E-state index >= 15 is 0 Å². The minimum absolute atomic E-state index is 0.0690. The van der Waals surface area contributed by atoms with Crippen LogP contribution in [0.3, 0.4) is 0 Å². The zero-order valence-corrected chi connectivity index (χ0v) is 25.2. The average Bonchev–Trinajstić information content (AvgIpc) is 3.04. The van der Waals surface area contributed by atoms with Crippen molar-refractivity contribution in [1.82, 2.24) is 14.9 Å². The number of halogens is 3. The maximum absolute atomic E-state index is 12.4. The molecule has 1 aromatic heterocycles. The number of piperazine rings is 1. The third kappa shape index (κ3) is 7.80. The second-order valence-electron chi connectivity index (χ2n) is 11.6. The van der Waals surface area contributed by atoms with E-state index in [-0.39, 0.29) is 24.4 Å². The molecule has 0 bridgehead atoms. The predicted octanol–water partition coefficient (Wildman–Crippen LogP) is 4.07. The minimum Gasteiger partial charge on any atom is -0.489 e. The summed E-state index contributed by atoms with van der Waals surface area (Å²) in [6.45, 7) is 5.13. The average molecular weight is 644 g/mol. The third-order valence-corrected chi connectivity index (χ3v) is 8.48. The summed E-state index contributed by atoms with van der Waals surface area (Å²) in [7, 11) is 0. The molecular weight excluding hydrogens is 607 g/mol. The van der Waals surface area contributed by atoms with Crippen LogP contribution >= 0.6 is 0 Å². The lowest BCUT2D eigenvalue weighted by Gasteiger charge is -2.37. The number of carboxylic acids is 1. The lowest BCUT2D eigenvalue weighted by atomic mass is 9.88. The number of carbonyl (C=O) groups is 1. The highest BCUT2D eigenvalue weighted by molar-refractivity contribution is 5.76. The summed E-state index contributed by atoms with van der Waals surface area (Å²) in [6.07, 6.45) is -2.85. The number of aliphatic carboxylic acids is 1. The van der Waals surface area contributed by atoms with Gasteiger partial charge in [0.15, 0.2) is 6.10 Å². The van der Waals surface area contributed by atoms with E-state index in [1.54, 1.807) is 0 Å². The molecule has 14 heteroatoms. The van der Waals surface area contributed by atoms with Gasteiger partial charge >= 0.3 is 12.3 Å². The quantitative estimate of drug-likeness (QED) is 0.331. The number of ether oxygens (including phenoxy) is 4. The first-order valence-corrected chi connectivity index (χ1v) is 15.3. The number of hydrogen-bond donors (Lipinski definition) is 2. The van der Waals surface area contributed by atoms with Crippen LogP contribution < -0.4 is 20.1 Å². The number of fused-ring (bicyclic) bond motifs is 3. The van der Waals surface area contributed by atoms with Crippen molar-refractivity contribution in [1.29, 1.82) is 0 Å². The van der Waals surface area contributed by atoms with Crippen molar-refractivity contribution in [3.05, 3.63) is 59.2 Å². The Morgan fingerprint density at radius 2 is 1.78 bits per heavy atom. The van der Waals surface area contributed by atoms with Crippen LogP contribution in [0.2, 0.25) is 0 Å². The van der Waals surface area contributed by atoms with Crippen molar-refractivity contribution in [2.45, 2.75) is 50.9 Å². The van der Waals surface area contributed by atoms with Crippen LogP contribution in [0.1, 0.15) is 29.5 Å². The Kier molecular flexibility index (Phi) is 9.47. The first-order valence-electron chi connectivity index (χ1n) is 15.3. The molecule has 2 fully saturated rings. The van der Waals surface area contributed by atoms with Gasteiger partial charge in [0.2, 0.25) is 5.95 Å². The van der Waals surface area contributed by atoms with Gasteiger partial charge in [-0.2, -0.15) is 4.98 Å². The van der Waals surface area contributed by atoms with Gasteiger partial charge in [0.1, 0.15) is 23.9 Å². The Labute approximate surface area is 264 Å². The van der Waals surface area contributed by atoms with Gasteiger partial charge in [0.05, 0.1) is 25.0 Å². The van der Waals surface area contributed by atoms with Crippen LogP contribution in [0.5, 0.6) is 11.5 Å². The Morgan fingerprint density at radius 3 is 2.48 bits per heavy atom. The van der Waals surface area contributed by atoms with Crippen LogP contribution in [0.4, 0.5) is 24.9 Å². The summed E-state index contributed by atoms with van der Waals surface area (Å²) in [5, 5.41) is 9.07. The minimum atomic E-state index is -4.73. The molecule has 46 heavy (non-hydrogen) atoms. The molecule has 2 unspecified atom stereocenters. The number of aryl methyl sites for hydroxylation is 1. The second kappa shape index (κ2) is 13.7. The van der Waals surface area contributed by atoms with Crippen molar-refractivity contribution in [2.24, 2.45) is 0 Å². The topological polar surface area (TPSA) is 132 Å². The number of benzene rings is 2. The van der Waals surface area contributed by atoms with Crippen LogP contribution in [0.25, 0.3) is 11.3 Å². The van der Waals surface area contributed by atoms with E-state index in [0.29, 0.717) is 37.4 Å². The van der Waals surface area contributed by atoms with E-state index in [2.05, 4.69) is 24.5 Å². The van der Waals surface area contributed by atoms with Crippen molar-refractivity contribution >= 4 is 17.7 Å². The Balaban J connectivity index is 1.03. The molecule has 2 aromatic carbocycles. The van der Waals surface area contributed by atoms with Gasteiger partial charge in [-0.1, -0.05) is 12.1 Å². The standard InChI is InChI=1S/C32H36F3N5O6/c33-32(34,35)46-22-4-1-20(2-5-22)18-44-23-6-9-25-21(17-23)3-8-26-28(25)37-31(36)38-29(26)40-13-11-39(12-14-40)15-16-43-24-7-10-27(30(41)42)45-19-24/h1-2,4-6,9,17,24,27H,3,7-8,10-16,18-19H2,(H,41,42)(H2,36,37,38). The number of anilines is 2. The molecule has 246 valence electrons. The van der Waals surface area contributed by atoms with Crippen LogP contribution in [0, 0.1) is 0 Å². The number of carboxylic acid groups (broad SMARTS) is 1. The molecule has 1 aliphatic carbocycles. The first-order chi connectivity index (χ1) is 22.1. The molecule has 6 rings (SSSR count). The third-order valence-electron chi connectivity index (χ3n) is 8.48. The number of hydrogen-bond acceptors (Lipinski definition) is 10. The van der Waals surface area contributed by atoms with Crippen molar-refractivity contribution in [2.75, 3.05) is 56.6 Å². The van der Waals surface area contributed by atoms with Crippen molar-refractivity contribution < 1.29 is 42.0 Å². The summed E-state index contributed by atoms with van der Waals surface area (Å²) in [5.74, 6) is 0.546. The lowest BCUT2D eigenvalue weighted by molar-refractivity contribution is -0.274. The van der Waals surface area contributed by atoms with E-state index in [4.69, 9.17) is 25.1 Å². The molecule has 2 aliphatic heterocycles. The van der Waals surface area contributed by atoms with Gasteiger partial charge in [-0.25, -0.2) is 9.78 Å². The summed E-state index contributed by atoms with van der Waals surface area (Å²) >= 11 is 0. The fourth-order valence-corrected chi connectivity index (χ4v) is 6.10. The number of aromatic nitrogens is 2. The molecular formula is C32H36F3N5O6. The maximum Gasteiger partial charge on any atom is 0.573 e. The molecule has 0 amide bonds. The molecule has 0 radical (unpaired) electrons. The zero-order chi connectivity index (χ0) is 32.3. The van der Waals surface area contributed by atoms with E-state index in [1.807, 2.05) is 18.2 Å². The SMILES string of the molecule is Nc1nc2c(c(N3CCN(CCOC4CCC(C(=O)O)OC4)CC3)n1)CCc1cc(OCc3ccc(OC(F)(F)F)cc3)ccc1-2. The highest BCUT2D eigenvalue weighted by Gasteiger charge is 2.31. The fraction of sp³-hybridized carbons (Fsp3) is 0.469. The number of nitrogens with zero attached hydrogens (tertiary/aromatic N) is 4. The van der Waals surface area contributed by atoms with Crippen LogP contribution in [0.15, 0.2) is 42.5 Å². The van der Waals surface area contributed by atoms with Gasteiger partial charge in [0.25, 0.3) is 0 Å². The monoisotopic (exact) mass is 643 g/mol. The molecule has 3 aromatic rings. The van der Waals surface area contributed by atoms with Crippen LogP contribution in [-0.2, 0) is 33.7 Å². The Bertz CT molecular complexity index is 1520. The van der Waals surface area contributed by atoms with E-state index in [9.17, 15) is 18.0 Å². The van der Waals surface area contributed by atoms with Gasteiger partial charge < -0.3 is 34.7 Å². The Hall–Kier alpha value is -4.14. The number of nitrogens with two attached hydrogens (primary N) is 1. The maximum atomic E-state index is 12.4. The highest BCUT2D eigenvalue weighted by Crippen LogP contribution is 2.38. The Morgan fingerprint density at radius 1 is 1.02 bits per heavy atom. The molecule has 11 nitrogen and oxygen atoms in total. The largest absolute Gasteiger partial charge is 0.573 e. The summed E-state index contributed by atoms with van der Waals surface area (Å²) < 4.78 is 58.5. The van der Waals surface area contributed by atoms with E-state index in [0.717, 1.165) is 73.8 Å². The summed E-state index contributed by atoms with van der Waals surface area (Å²) in [4.78, 5) is 24.9. The molecule has 3 heterocycles. The van der Waals surface area contributed by atoms with Gasteiger partial charge in [-0.05, 0) is 67.1 Å². The molecule has 3 N–H and O–H groups in total. The van der Waals surface area contributed by atoms with Crippen LogP contribution in [-0.4, -0.2) is 90.5 Å². The lowest BCUT2D eigenvalue weighted by Crippen LogP contribution is -2.48. The van der Waals surface area contributed by atoms with Gasteiger partial charge in [-0.15, -0.1) is 13.2 Å². The normalized spacial score (nSPS) is 20.1. The highest BCUT2D eigenvalue weighted by atomic mass is 19.4. The van der Waals surface area contributed by atoms with E-state index in [1.165, 1.54) is 24.3 Å². The van der Waals surface area contributed by atoms with Crippen molar-refractivity contribution in [3.8, 4) is 22.8 Å².